The summed E-state index contributed by atoms with van der Waals surface area (Å²) in [6, 6.07) is 8.21. The summed E-state index contributed by atoms with van der Waals surface area (Å²) in [6.07, 6.45) is 6.82. The van der Waals surface area contributed by atoms with Gasteiger partial charge in [-0.2, -0.15) is 0 Å². The maximum Gasteiger partial charge on any atom is 0.223 e. The first kappa shape index (κ1) is 18.0. The fourth-order valence-electron chi connectivity index (χ4n) is 3.82. The van der Waals surface area contributed by atoms with E-state index in [0.717, 1.165) is 42.7 Å². The Morgan fingerprint density at radius 2 is 1.96 bits per heavy atom. The van der Waals surface area contributed by atoms with E-state index in [2.05, 4.69) is 48.9 Å². The monoisotopic (exact) mass is 341 g/mol. The number of amides is 1. The third kappa shape index (κ3) is 4.05. The van der Waals surface area contributed by atoms with Crippen LogP contribution >= 0.6 is 0 Å². The van der Waals surface area contributed by atoms with Crippen molar-refractivity contribution >= 4 is 16.9 Å². The number of hydrogen-bond donors (Lipinski definition) is 1. The lowest BCUT2D eigenvalue weighted by atomic mass is 9.88. The van der Waals surface area contributed by atoms with Gasteiger partial charge in [0.05, 0.1) is 17.1 Å². The Morgan fingerprint density at radius 3 is 2.68 bits per heavy atom. The molecule has 2 unspecified atom stereocenters. The van der Waals surface area contributed by atoms with Gasteiger partial charge < -0.3 is 9.88 Å². The molecule has 3 rings (SSSR count). The number of hydrogen-bond acceptors (Lipinski definition) is 2. The van der Waals surface area contributed by atoms with Crippen molar-refractivity contribution in [2.75, 3.05) is 0 Å². The highest BCUT2D eigenvalue weighted by atomic mass is 16.1. The van der Waals surface area contributed by atoms with Crippen LogP contribution in [0.5, 0.6) is 0 Å². The lowest BCUT2D eigenvalue weighted by molar-refractivity contribution is -0.126. The molecular weight excluding hydrogens is 310 g/mol. The number of carbonyl (C=O) groups is 1. The third-order valence-corrected chi connectivity index (χ3v) is 5.60. The van der Waals surface area contributed by atoms with E-state index in [0.29, 0.717) is 5.92 Å². The van der Waals surface area contributed by atoms with Crippen LogP contribution in [0.2, 0.25) is 0 Å². The predicted octanol–water partition coefficient (Wildman–Crippen LogP) is 4.84. The van der Waals surface area contributed by atoms with Gasteiger partial charge in [0.15, 0.2) is 0 Å². The summed E-state index contributed by atoms with van der Waals surface area (Å²) in [5.74, 6) is 1.95. The molecule has 1 heterocycles. The maximum absolute atomic E-state index is 12.6. The van der Waals surface area contributed by atoms with Gasteiger partial charge in [-0.1, -0.05) is 51.7 Å². The van der Waals surface area contributed by atoms with E-state index in [4.69, 9.17) is 4.98 Å². The number of para-hydroxylation sites is 2. The number of nitrogens with one attached hydrogen (secondary N) is 1. The first-order valence-electron chi connectivity index (χ1n) is 9.85. The van der Waals surface area contributed by atoms with E-state index < -0.39 is 0 Å². The van der Waals surface area contributed by atoms with Crippen LogP contribution in [0.3, 0.4) is 0 Å². The van der Waals surface area contributed by atoms with Crippen LogP contribution < -0.4 is 5.32 Å². The number of nitrogens with zero attached hydrogens (tertiary/aromatic N) is 2. The molecule has 0 radical (unpaired) electrons. The molecule has 4 heteroatoms. The third-order valence-electron chi connectivity index (χ3n) is 5.60. The number of carbonyl (C=O) groups excluding carboxylic acids is 1. The normalized spacial score (nSPS) is 18.2. The summed E-state index contributed by atoms with van der Waals surface area (Å²) in [7, 11) is 0. The zero-order valence-electron chi connectivity index (χ0n) is 15.8. The molecule has 0 spiro atoms. The topological polar surface area (TPSA) is 46.9 Å². The van der Waals surface area contributed by atoms with Crippen LogP contribution in [-0.4, -0.2) is 15.5 Å². The summed E-state index contributed by atoms with van der Waals surface area (Å²) in [4.78, 5) is 17.5. The van der Waals surface area contributed by atoms with Crippen LogP contribution in [0.4, 0.5) is 0 Å². The summed E-state index contributed by atoms with van der Waals surface area (Å²) in [6.45, 7) is 7.49. The van der Waals surface area contributed by atoms with E-state index in [1.807, 2.05) is 6.07 Å². The van der Waals surface area contributed by atoms with E-state index in [9.17, 15) is 4.79 Å². The van der Waals surface area contributed by atoms with Crippen LogP contribution in [-0.2, 0) is 11.3 Å². The van der Waals surface area contributed by atoms with Gasteiger partial charge in [-0.25, -0.2) is 4.98 Å². The highest BCUT2D eigenvalue weighted by Crippen LogP contribution is 2.26. The Labute approximate surface area is 151 Å². The van der Waals surface area contributed by atoms with Crippen molar-refractivity contribution in [2.45, 2.75) is 71.9 Å². The first-order valence-corrected chi connectivity index (χ1v) is 9.85. The summed E-state index contributed by atoms with van der Waals surface area (Å²) < 4.78 is 2.30. The number of imidazole rings is 1. The molecule has 1 saturated carbocycles. The molecule has 0 bridgehead atoms. The molecular formula is C21H31N3O. The average Bonchev–Trinajstić information content (AvgIpc) is 3.01. The van der Waals surface area contributed by atoms with Gasteiger partial charge >= 0.3 is 0 Å². The molecule has 1 N–H and O–H groups in total. The van der Waals surface area contributed by atoms with Gasteiger partial charge in [-0.05, 0) is 37.8 Å². The summed E-state index contributed by atoms with van der Waals surface area (Å²) in [5.41, 5.74) is 2.18. The molecule has 1 amide bonds. The minimum absolute atomic E-state index is 0.0640. The smallest absolute Gasteiger partial charge is 0.223 e. The van der Waals surface area contributed by atoms with Gasteiger partial charge in [0, 0.05) is 12.5 Å². The minimum Gasteiger partial charge on any atom is -0.346 e. The molecule has 1 aliphatic carbocycles. The van der Waals surface area contributed by atoms with Crippen molar-refractivity contribution in [3.63, 3.8) is 0 Å². The van der Waals surface area contributed by atoms with E-state index in [1.165, 1.54) is 19.3 Å². The molecule has 0 saturated heterocycles. The van der Waals surface area contributed by atoms with E-state index in [-0.39, 0.29) is 17.9 Å². The van der Waals surface area contributed by atoms with Crippen molar-refractivity contribution in [1.82, 2.24) is 14.9 Å². The fraction of sp³-hybridized carbons (Fsp3) is 0.619. The van der Waals surface area contributed by atoms with Crippen molar-refractivity contribution in [1.29, 1.82) is 0 Å². The lowest BCUT2D eigenvalue weighted by Crippen LogP contribution is -2.35. The van der Waals surface area contributed by atoms with Crippen molar-refractivity contribution in [3.05, 3.63) is 30.1 Å². The van der Waals surface area contributed by atoms with Gasteiger partial charge in [-0.15, -0.1) is 0 Å². The number of benzene rings is 1. The van der Waals surface area contributed by atoms with Gasteiger partial charge in [0.2, 0.25) is 5.91 Å². The molecule has 1 fully saturated rings. The second kappa shape index (κ2) is 8.03. The molecule has 25 heavy (non-hydrogen) atoms. The molecule has 0 aliphatic heterocycles. The molecule has 2 aromatic rings. The first-order chi connectivity index (χ1) is 12.1. The molecule has 4 nitrogen and oxygen atoms in total. The highest BCUT2D eigenvalue weighted by molar-refractivity contribution is 5.80. The average molecular weight is 341 g/mol. The highest BCUT2D eigenvalue weighted by Gasteiger charge is 2.25. The number of fused-ring (bicyclic) bond motifs is 1. The Kier molecular flexibility index (Phi) is 5.77. The van der Waals surface area contributed by atoms with Crippen LogP contribution in [0, 0.1) is 11.8 Å². The molecule has 136 valence electrons. The standard InChI is InChI=1S/C21H31N3O/c1-4-15(2)14-24-19-13-9-8-12-18(19)23-20(24)16(3)22-21(25)17-10-6-5-7-11-17/h8-9,12-13,15-17H,4-7,10-11,14H2,1-3H3,(H,22,25). The summed E-state index contributed by atoms with van der Waals surface area (Å²) >= 11 is 0. The van der Waals surface area contributed by atoms with Gasteiger partial charge in [-0.3, -0.25) is 4.79 Å². The zero-order chi connectivity index (χ0) is 17.8. The molecule has 1 aromatic heterocycles. The SMILES string of the molecule is CCC(C)Cn1c(C(C)NC(=O)C2CCCCC2)nc2ccccc21. The number of rotatable bonds is 6. The predicted molar refractivity (Wildman–Crippen MR) is 102 cm³/mol. The molecule has 1 aliphatic rings. The quantitative estimate of drug-likeness (QED) is 0.817. The van der Waals surface area contributed by atoms with Gasteiger partial charge in [0.1, 0.15) is 5.82 Å². The number of aromatic nitrogens is 2. The van der Waals surface area contributed by atoms with Crippen LogP contribution in [0.15, 0.2) is 24.3 Å². The van der Waals surface area contributed by atoms with E-state index >= 15 is 0 Å². The second-order valence-corrected chi connectivity index (χ2v) is 7.65. The maximum atomic E-state index is 12.6. The van der Waals surface area contributed by atoms with Crippen LogP contribution in [0.25, 0.3) is 11.0 Å². The Bertz CT molecular complexity index is 715. The molecule has 1 aromatic carbocycles. The summed E-state index contributed by atoms with van der Waals surface area (Å²) in [5, 5.41) is 3.24. The zero-order valence-corrected chi connectivity index (χ0v) is 15.8. The lowest BCUT2D eigenvalue weighted by Gasteiger charge is -2.24. The van der Waals surface area contributed by atoms with Crippen LogP contribution in [0.1, 0.15) is 71.2 Å². The minimum atomic E-state index is -0.0640. The Hall–Kier alpha value is -1.84. The molecule has 2 atom stereocenters. The van der Waals surface area contributed by atoms with E-state index in [1.54, 1.807) is 0 Å². The largest absolute Gasteiger partial charge is 0.346 e. The second-order valence-electron chi connectivity index (χ2n) is 7.65. The Balaban J connectivity index is 1.83. The van der Waals surface area contributed by atoms with Crippen molar-refractivity contribution in [2.24, 2.45) is 11.8 Å². The van der Waals surface area contributed by atoms with Crippen molar-refractivity contribution in [3.8, 4) is 0 Å². The fourth-order valence-corrected chi connectivity index (χ4v) is 3.82. The Morgan fingerprint density at radius 1 is 1.24 bits per heavy atom. The van der Waals surface area contributed by atoms with Gasteiger partial charge in [0.25, 0.3) is 0 Å². The van der Waals surface area contributed by atoms with Crippen molar-refractivity contribution < 1.29 is 4.79 Å².